The third-order valence-corrected chi connectivity index (χ3v) is 10.9. The van der Waals surface area contributed by atoms with Crippen molar-refractivity contribution in [3.63, 3.8) is 0 Å². The summed E-state index contributed by atoms with van der Waals surface area (Å²) in [4.78, 5) is 30.5. The number of ketones is 2. The van der Waals surface area contributed by atoms with Gasteiger partial charge in [0.1, 0.15) is 4.90 Å². The van der Waals surface area contributed by atoms with Gasteiger partial charge in [0.25, 0.3) is 0 Å². The summed E-state index contributed by atoms with van der Waals surface area (Å²) in [7, 11) is -2.65. The molecule has 0 N–H and O–H groups in total. The normalized spacial score (nSPS) is 20.1. The standard InChI is InChI=1S/C33H36Br2ClNO6S/c1-32(2)15-24-29(26(38)17-32)28(30-25(37(24)11-6-12-42-5)16-33(3,4)18-27(30)39)22-13-19(34)14-23(35)31(22)43-44(40,41)21-9-7-20(36)8-10-21/h7-10,13-14,28H,6,11-12,15-18H2,1-5H3. The highest BCUT2D eigenvalue weighted by molar-refractivity contribution is 9.11. The fourth-order valence-electron chi connectivity index (χ4n) is 6.64. The molecule has 0 bridgehead atoms. The first-order valence-electron chi connectivity index (χ1n) is 14.5. The van der Waals surface area contributed by atoms with E-state index in [0.29, 0.717) is 75.9 Å². The number of nitrogens with zero attached hydrogens (tertiary/aromatic N) is 1. The Balaban J connectivity index is 1.77. The van der Waals surface area contributed by atoms with Crippen LogP contribution in [0.4, 0.5) is 0 Å². The first-order valence-corrected chi connectivity index (χ1v) is 17.9. The number of halogens is 3. The number of allylic oxidation sites excluding steroid dienone is 4. The zero-order valence-electron chi connectivity index (χ0n) is 25.4. The van der Waals surface area contributed by atoms with Crippen LogP contribution in [0.15, 0.2) is 72.8 Å². The Morgan fingerprint density at radius 2 is 1.45 bits per heavy atom. The minimum Gasteiger partial charge on any atom is -0.385 e. The molecule has 0 amide bonds. The van der Waals surface area contributed by atoms with E-state index in [-0.39, 0.29) is 33.0 Å². The summed E-state index contributed by atoms with van der Waals surface area (Å²) >= 11 is 13.1. The molecule has 1 heterocycles. The molecule has 1 aliphatic heterocycles. The average Bonchev–Trinajstić information content (AvgIpc) is 2.89. The van der Waals surface area contributed by atoms with Crippen LogP contribution in [0.5, 0.6) is 5.75 Å². The molecule has 5 rings (SSSR count). The molecule has 2 aliphatic carbocycles. The zero-order valence-corrected chi connectivity index (χ0v) is 30.2. The molecule has 0 fully saturated rings. The summed E-state index contributed by atoms with van der Waals surface area (Å²) in [5.41, 5.74) is 2.70. The maximum absolute atomic E-state index is 14.2. The van der Waals surface area contributed by atoms with Gasteiger partial charge in [-0.3, -0.25) is 9.59 Å². The van der Waals surface area contributed by atoms with Crippen LogP contribution in [-0.2, 0) is 24.4 Å². The van der Waals surface area contributed by atoms with Gasteiger partial charge in [0.05, 0.1) is 4.47 Å². The summed E-state index contributed by atoms with van der Waals surface area (Å²) in [5.74, 6) is -0.861. The third-order valence-electron chi connectivity index (χ3n) is 8.40. The summed E-state index contributed by atoms with van der Waals surface area (Å²) in [6.07, 6.45) is 2.61. The van der Waals surface area contributed by atoms with Gasteiger partial charge in [0.15, 0.2) is 17.3 Å². The lowest BCUT2D eigenvalue weighted by molar-refractivity contribution is -0.119. The van der Waals surface area contributed by atoms with Crippen LogP contribution in [0.25, 0.3) is 0 Å². The lowest BCUT2D eigenvalue weighted by Crippen LogP contribution is -2.45. The van der Waals surface area contributed by atoms with E-state index in [1.54, 1.807) is 19.2 Å². The van der Waals surface area contributed by atoms with Crippen LogP contribution in [0.2, 0.25) is 5.02 Å². The number of ether oxygens (including phenoxy) is 1. The summed E-state index contributed by atoms with van der Waals surface area (Å²) in [6.45, 7) is 9.47. The third kappa shape index (κ3) is 6.61. The number of benzene rings is 2. The predicted molar refractivity (Wildman–Crippen MR) is 177 cm³/mol. The lowest BCUT2D eigenvalue weighted by atomic mass is 9.63. The Kier molecular flexibility index (Phi) is 9.35. The minimum absolute atomic E-state index is 0.0370. The molecule has 2 aromatic rings. The van der Waals surface area contributed by atoms with Crippen molar-refractivity contribution in [1.82, 2.24) is 4.90 Å². The molecule has 2 aromatic carbocycles. The highest BCUT2D eigenvalue weighted by atomic mass is 79.9. The van der Waals surface area contributed by atoms with Crippen molar-refractivity contribution in [1.29, 1.82) is 0 Å². The maximum atomic E-state index is 14.2. The van der Waals surface area contributed by atoms with E-state index in [4.69, 9.17) is 20.5 Å². The Labute approximate surface area is 281 Å². The van der Waals surface area contributed by atoms with Crippen molar-refractivity contribution in [2.45, 2.75) is 70.6 Å². The average molecular weight is 770 g/mol. The van der Waals surface area contributed by atoms with Crippen molar-refractivity contribution in [3.05, 3.63) is 78.5 Å². The molecule has 0 spiro atoms. The predicted octanol–water partition coefficient (Wildman–Crippen LogP) is 8.35. The summed E-state index contributed by atoms with van der Waals surface area (Å²) in [5, 5.41) is 0.392. The van der Waals surface area contributed by atoms with Crippen molar-refractivity contribution >= 4 is 65.1 Å². The highest BCUT2D eigenvalue weighted by Gasteiger charge is 2.50. The SMILES string of the molecule is COCCCN1C2=C(C(=O)CC(C)(C)C2)C(c2cc(Br)cc(Br)c2OS(=O)(=O)c2ccc(Cl)cc2)C2=C1CC(C)(C)CC2=O. The van der Waals surface area contributed by atoms with Crippen LogP contribution in [0.3, 0.4) is 0 Å². The Bertz CT molecular complexity index is 1640. The van der Waals surface area contributed by atoms with Gasteiger partial charge in [-0.15, -0.1) is 0 Å². The van der Waals surface area contributed by atoms with E-state index >= 15 is 0 Å². The quantitative estimate of drug-likeness (QED) is 0.197. The van der Waals surface area contributed by atoms with Crippen LogP contribution in [-0.4, -0.2) is 45.1 Å². The maximum Gasteiger partial charge on any atom is 0.339 e. The monoisotopic (exact) mass is 767 g/mol. The molecular weight excluding hydrogens is 734 g/mol. The largest absolute Gasteiger partial charge is 0.385 e. The second kappa shape index (κ2) is 12.3. The molecule has 3 aliphatic rings. The minimum atomic E-state index is -4.31. The number of carbonyl (C=O) groups is 2. The molecule has 0 atom stereocenters. The topological polar surface area (TPSA) is 90.0 Å². The lowest BCUT2D eigenvalue weighted by Gasteiger charge is -2.49. The number of hydrogen-bond acceptors (Lipinski definition) is 7. The van der Waals surface area contributed by atoms with E-state index in [1.807, 2.05) is 0 Å². The smallest absolute Gasteiger partial charge is 0.339 e. The van der Waals surface area contributed by atoms with E-state index < -0.39 is 16.0 Å². The Morgan fingerprint density at radius 1 is 0.909 bits per heavy atom. The molecule has 0 unspecified atom stereocenters. The van der Waals surface area contributed by atoms with Gasteiger partial charge in [-0.25, -0.2) is 0 Å². The van der Waals surface area contributed by atoms with Crippen LogP contribution in [0.1, 0.15) is 71.3 Å². The Morgan fingerprint density at radius 3 is 1.98 bits per heavy atom. The number of rotatable bonds is 8. The number of hydrogen-bond donors (Lipinski definition) is 0. The van der Waals surface area contributed by atoms with Crippen LogP contribution >= 0.6 is 43.5 Å². The molecular formula is C33H36Br2ClNO6S. The first kappa shape index (κ1) is 33.4. The molecule has 0 aromatic heterocycles. The van der Waals surface area contributed by atoms with E-state index in [1.165, 1.54) is 24.3 Å². The molecule has 236 valence electrons. The fraction of sp³-hybridized carbons (Fsp3) is 0.455. The number of Topliss-reactive ketones (excluding diaryl/α,β-unsaturated/α-hetero) is 2. The van der Waals surface area contributed by atoms with Crippen LogP contribution < -0.4 is 4.18 Å². The molecule has 11 heteroatoms. The highest BCUT2D eigenvalue weighted by Crippen LogP contribution is 2.56. The Hall–Kier alpha value is -1.98. The van der Waals surface area contributed by atoms with Gasteiger partial charge >= 0.3 is 10.1 Å². The van der Waals surface area contributed by atoms with Crippen LogP contribution in [0, 0.1) is 10.8 Å². The molecule has 44 heavy (non-hydrogen) atoms. The van der Waals surface area contributed by atoms with E-state index in [0.717, 1.165) is 11.4 Å². The molecule has 7 nitrogen and oxygen atoms in total. The van der Waals surface area contributed by atoms with Crippen molar-refractivity contribution < 1.29 is 26.9 Å². The van der Waals surface area contributed by atoms with Crippen molar-refractivity contribution in [3.8, 4) is 5.75 Å². The van der Waals surface area contributed by atoms with Gasteiger partial charge in [0, 0.05) is 76.6 Å². The number of methoxy groups -OCH3 is 1. The van der Waals surface area contributed by atoms with Crippen molar-refractivity contribution in [2.24, 2.45) is 10.8 Å². The van der Waals surface area contributed by atoms with Gasteiger partial charge in [-0.2, -0.15) is 8.42 Å². The summed E-state index contributed by atoms with van der Waals surface area (Å²) in [6, 6.07) is 9.17. The van der Waals surface area contributed by atoms with E-state index in [2.05, 4.69) is 64.5 Å². The molecule has 0 saturated carbocycles. The van der Waals surface area contributed by atoms with Gasteiger partial charge in [-0.1, -0.05) is 55.2 Å². The fourth-order valence-corrected chi connectivity index (χ4v) is 9.18. The first-order chi connectivity index (χ1) is 20.5. The second-order valence-corrected chi connectivity index (χ2v) is 17.1. The van der Waals surface area contributed by atoms with Crippen molar-refractivity contribution in [2.75, 3.05) is 20.3 Å². The second-order valence-electron chi connectivity index (χ2n) is 13.3. The zero-order chi connectivity index (χ0) is 32.2. The van der Waals surface area contributed by atoms with Gasteiger partial charge < -0.3 is 13.8 Å². The number of carbonyl (C=O) groups excluding carboxylic acids is 2. The van der Waals surface area contributed by atoms with Gasteiger partial charge in [-0.05, 0) is 82.4 Å². The van der Waals surface area contributed by atoms with E-state index in [9.17, 15) is 18.0 Å². The van der Waals surface area contributed by atoms with Gasteiger partial charge in [0.2, 0.25) is 0 Å². The summed E-state index contributed by atoms with van der Waals surface area (Å²) < 4.78 is 39.4. The molecule has 0 radical (unpaired) electrons. The molecule has 0 saturated heterocycles.